The van der Waals surface area contributed by atoms with Gasteiger partial charge in [0.05, 0.1) is 11.9 Å². The average Bonchev–Trinajstić information content (AvgIpc) is 3.09. The maximum atomic E-state index is 14.2. The number of fused-ring (bicyclic) bond motifs is 5. The van der Waals surface area contributed by atoms with Gasteiger partial charge in [0.2, 0.25) is 10.0 Å². The van der Waals surface area contributed by atoms with Crippen molar-refractivity contribution in [2.75, 3.05) is 0 Å². The summed E-state index contributed by atoms with van der Waals surface area (Å²) in [4.78, 5) is -0.726. The van der Waals surface area contributed by atoms with Gasteiger partial charge in [-0.3, -0.25) is 0 Å². The van der Waals surface area contributed by atoms with E-state index in [1.807, 2.05) is 0 Å². The molecule has 1 saturated carbocycles. The summed E-state index contributed by atoms with van der Waals surface area (Å²) in [5.41, 5.74) is 1.90. The highest BCUT2D eigenvalue weighted by molar-refractivity contribution is 7.89. The van der Waals surface area contributed by atoms with Gasteiger partial charge in [0.15, 0.2) is 5.82 Å². The first kappa shape index (κ1) is 13.8. The summed E-state index contributed by atoms with van der Waals surface area (Å²) in [7, 11) is -4.27. The van der Waals surface area contributed by atoms with Crippen molar-refractivity contribution in [1.82, 2.24) is 9.78 Å². The molecular weight excluding hydrogens is 312 g/mol. The molecule has 2 aliphatic rings. The van der Waals surface area contributed by atoms with Gasteiger partial charge in [0.1, 0.15) is 16.4 Å². The Bertz CT molecular complexity index is 892. The predicted molar refractivity (Wildman–Crippen MR) is 74.2 cm³/mol. The molecule has 8 heteroatoms. The number of aromatic nitrogens is 2. The van der Waals surface area contributed by atoms with E-state index in [0.29, 0.717) is 17.9 Å². The Labute approximate surface area is 125 Å². The molecule has 0 saturated heterocycles. The maximum Gasteiger partial charge on any atom is 0.241 e. The summed E-state index contributed by atoms with van der Waals surface area (Å²) in [5.74, 6) is -1.33. The predicted octanol–water partition coefficient (Wildman–Crippen LogP) is 2.16. The Kier molecular flexibility index (Phi) is 2.74. The van der Waals surface area contributed by atoms with Crippen LogP contribution in [0.3, 0.4) is 0 Å². The van der Waals surface area contributed by atoms with Crippen molar-refractivity contribution in [3.8, 4) is 5.69 Å². The Morgan fingerprint density at radius 2 is 1.91 bits per heavy atom. The lowest BCUT2D eigenvalue weighted by molar-refractivity contribution is 0.540. The lowest BCUT2D eigenvalue weighted by atomic mass is 9.98. The molecular formula is C14H13F2N3O2S. The van der Waals surface area contributed by atoms with E-state index < -0.39 is 26.6 Å². The molecule has 2 atom stereocenters. The molecule has 1 heterocycles. The van der Waals surface area contributed by atoms with Gasteiger partial charge in [-0.2, -0.15) is 5.10 Å². The number of rotatable bonds is 2. The molecule has 5 nitrogen and oxygen atoms in total. The number of primary sulfonamides is 1. The molecule has 2 unspecified atom stereocenters. The zero-order valence-corrected chi connectivity index (χ0v) is 12.3. The number of sulfonamides is 1. The lowest BCUT2D eigenvalue weighted by Crippen LogP contribution is -2.16. The van der Waals surface area contributed by atoms with Gasteiger partial charge in [0.25, 0.3) is 0 Å². The Morgan fingerprint density at radius 3 is 2.64 bits per heavy atom. The van der Waals surface area contributed by atoms with Crippen LogP contribution in [0.1, 0.15) is 42.4 Å². The zero-order valence-electron chi connectivity index (χ0n) is 11.5. The van der Waals surface area contributed by atoms with Crippen LogP contribution in [0.25, 0.3) is 5.69 Å². The molecule has 0 aliphatic heterocycles. The highest BCUT2D eigenvalue weighted by Crippen LogP contribution is 2.53. The fourth-order valence-electron chi connectivity index (χ4n) is 3.70. The van der Waals surface area contributed by atoms with E-state index in [-0.39, 0.29) is 5.69 Å². The van der Waals surface area contributed by atoms with Crippen LogP contribution in [0.15, 0.2) is 23.2 Å². The molecule has 0 spiro atoms. The normalized spacial score (nSPS) is 23.0. The van der Waals surface area contributed by atoms with Crippen molar-refractivity contribution >= 4 is 10.0 Å². The number of benzene rings is 1. The van der Waals surface area contributed by atoms with Crippen molar-refractivity contribution < 1.29 is 17.2 Å². The number of hydrogen-bond acceptors (Lipinski definition) is 3. The summed E-state index contributed by atoms with van der Waals surface area (Å²) in [6.07, 6.45) is 4.81. The third-order valence-electron chi connectivity index (χ3n) is 4.63. The van der Waals surface area contributed by atoms with E-state index >= 15 is 0 Å². The van der Waals surface area contributed by atoms with Crippen molar-refractivity contribution in [2.24, 2.45) is 5.14 Å². The van der Waals surface area contributed by atoms with E-state index in [9.17, 15) is 17.2 Å². The van der Waals surface area contributed by atoms with Crippen molar-refractivity contribution in [2.45, 2.75) is 36.0 Å². The van der Waals surface area contributed by atoms with E-state index in [4.69, 9.17) is 5.14 Å². The van der Waals surface area contributed by atoms with Crippen LogP contribution in [-0.2, 0) is 10.0 Å². The molecule has 22 heavy (non-hydrogen) atoms. The van der Waals surface area contributed by atoms with Crippen LogP contribution in [0.5, 0.6) is 0 Å². The quantitative estimate of drug-likeness (QED) is 0.919. The van der Waals surface area contributed by atoms with E-state index in [1.54, 1.807) is 6.20 Å². The summed E-state index contributed by atoms with van der Waals surface area (Å²) in [6.45, 7) is 0. The number of hydrogen-bond donors (Lipinski definition) is 1. The molecule has 0 amide bonds. The molecule has 2 aromatic rings. The summed E-state index contributed by atoms with van der Waals surface area (Å²) in [6, 6.07) is 1.45. The fraction of sp³-hybridized carbons (Fsp3) is 0.357. The molecule has 2 N–H and O–H groups in total. The molecule has 1 fully saturated rings. The highest BCUT2D eigenvalue weighted by atomic mass is 32.2. The zero-order chi connectivity index (χ0) is 15.6. The van der Waals surface area contributed by atoms with Crippen LogP contribution in [0.2, 0.25) is 0 Å². The first-order valence-corrected chi connectivity index (χ1v) is 8.51. The van der Waals surface area contributed by atoms with Gasteiger partial charge in [-0.25, -0.2) is 27.0 Å². The van der Waals surface area contributed by atoms with Crippen LogP contribution < -0.4 is 5.14 Å². The minimum absolute atomic E-state index is 0.0841. The minimum atomic E-state index is -4.27. The van der Waals surface area contributed by atoms with Gasteiger partial charge in [-0.15, -0.1) is 0 Å². The van der Waals surface area contributed by atoms with Crippen molar-refractivity contribution in [3.63, 3.8) is 0 Å². The molecule has 116 valence electrons. The summed E-state index contributed by atoms with van der Waals surface area (Å²) in [5, 5.41) is 9.16. The van der Waals surface area contributed by atoms with Crippen LogP contribution in [-0.4, -0.2) is 18.2 Å². The molecule has 2 aliphatic carbocycles. The number of halogens is 2. The molecule has 2 bridgehead atoms. The molecule has 1 aromatic heterocycles. The third-order valence-corrected chi connectivity index (χ3v) is 5.56. The highest BCUT2D eigenvalue weighted by Gasteiger charge is 2.40. The summed E-state index contributed by atoms with van der Waals surface area (Å²) < 4.78 is 52.1. The van der Waals surface area contributed by atoms with Gasteiger partial charge in [0, 0.05) is 12.0 Å². The summed E-state index contributed by atoms with van der Waals surface area (Å²) >= 11 is 0. The minimum Gasteiger partial charge on any atom is -0.234 e. The van der Waals surface area contributed by atoms with Crippen LogP contribution >= 0.6 is 0 Å². The van der Waals surface area contributed by atoms with Crippen LogP contribution in [0, 0.1) is 11.6 Å². The van der Waals surface area contributed by atoms with Crippen LogP contribution in [0.4, 0.5) is 8.78 Å². The van der Waals surface area contributed by atoms with E-state index in [0.717, 1.165) is 36.6 Å². The Morgan fingerprint density at radius 1 is 1.18 bits per heavy atom. The van der Waals surface area contributed by atoms with Gasteiger partial charge in [-0.1, -0.05) is 0 Å². The second-order valence-corrected chi connectivity index (χ2v) is 7.41. The Hall–Kier alpha value is -1.80. The van der Waals surface area contributed by atoms with Gasteiger partial charge >= 0.3 is 0 Å². The second-order valence-electron chi connectivity index (χ2n) is 5.88. The topological polar surface area (TPSA) is 78.0 Å². The maximum absolute atomic E-state index is 14.2. The standard InChI is InChI=1S/C14H13F2N3O2S/c15-10-4-11(16)13(22(17,20)21)5-12(10)19-14-8-2-1-7(3-8)9(14)6-18-19/h4-8H,1-3H2,(H2,17,20,21). The smallest absolute Gasteiger partial charge is 0.234 e. The fourth-order valence-corrected chi connectivity index (χ4v) is 4.30. The van der Waals surface area contributed by atoms with Crippen molar-refractivity contribution in [1.29, 1.82) is 0 Å². The van der Waals surface area contributed by atoms with Crippen molar-refractivity contribution in [3.05, 3.63) is 41.2 Å². The first-order chi connectivity index (χ1) is 10.4. The number of nitrogens with zero attached hydrogens (tertiary/aromatic N) is 2. The van der Waals surface area contributed by atoms with E-state index in [2.05, 4.69) is 5.10 Å². The monoisotopic (exact) mass is 325 g/mol. The average molecular weight is 325 g/mol. The third kappa shape index (κ3) is 1.83. The molecule has 0 radical (unpaired) electrons. The second kappa shape index (κ2) is 4.36. The molecule has 1 aromatic carbocycles. The SMILES string of the molecule is NS(=O)(=O)c1cc(-n2ncc3c2C2CCC3C2)c(F)cc1F. The van der Waals surface area contributed by atoms with Gasteiger partial charge < -0.3 is 0 Å². The van der Waals surface area contributed by atoms with Gasteiger partial charge in [-0.05, 0) is 36.8 Å². The number of nitrogens with two attached hydrogens (primary N) is 1. The lowest BCUT2D eigenvalue weighted by Gasteiger charge is -2.15. The largest absolute Gasteiger partial charge is 0.241 e. The van der Waals surface area contributed by atoms with E-state index in [1.165, 1.54) is 4.68 Å². The Balaban J connectivity index is 1.94. The first-order valence-electron chi connectivity index (χ1n) is 6.96. The molecule has 4 rings (SSSR count).